The van der Waals surface area contributed by atoms with Gasteiger partial charge in [-0.1, -0.05) is 43.7 Å². The zero-order valence-corrected chi connectivity index (χ0v) is 9.36. The van der Waals surface area contributed by atoms with Crippen molar-refractivity contribution in [3.8, 4) is 0 Å². The van der Waals surface area contributed by atoms with Gasteiger partial charge in [-0.3, -0.25) is 0 Å². The molecule has 0 fully saturated rings. The molecular formula is C12H22. The maximum Gasteiger partial charge on any atom is -0.0395 e. The molecule has 0 nitrogen and oxygen atoms in total. The summed E-state index contributed by atoms with van der Waals surface area (Å²) in [6.07, 6.45) is 4.20. The summed E-state index contributed by atoms with van der Waals surface area (Å²) in [7, 11) is 0. The number of rotatable bonds is 2. The molecule has 0 spiro atoms. The van der Waals surface area contributed by atoms with Gasteiger partial charge in [-0.05, 0) is 33.3 Å². The van der Waals surface area contributed by atoms with Crippen molar-refractivity contribution >= 4 is 0 Å². The van der Waals surface area contributed by atoms with Crippen LogP contribution in [0.15, 0.2) is 35.5 Å². The number of hydrogen-bond donors (Lipinski definition) is 0. The highest BCUT2D eigenvalue weighted by Crippen LogP contribution is 2.05. The highest BCUT2D eigenvalue weighted by molar-refractivity contribution is 5.28. The van der Waals surface area contributed by atoms with Crippen molar-refractivity contribution in [1.82, 2.24) is 0 Å². The molecule has 70 valence electrons. The normalized spacial score (nSPS) is 9.67. The van der Waals surface area contributed by atoms with E-state index in [0.29, 0.717) is 0 Å². The molecule has 0 N–H and O–H groups in total. The molecule has 0 aliphatic rings. The first-order valence-electron chi connectivity index (χ1n) is 4.51. The first-order chi connectivity index (χ1) is 5.54. The highest BCUT2D eigenvalue weighted by Gasteiger charge is 1.84. The van der Waals surface area contributed by atoms with Gasteiger partial charge in [0.15, 0.2) is 0 Å². The average molecular weight is 166 g/mol. The maximum absolute atomic E-state index is 3.84. The lowest BCUT2D eigenvalue weighted by Crippen LogP contribution is -1.74. The molecule has 0 aromatic carbocycles. The maximum atomic E-state index is 3.84. The Bertz CT molecular complexity index is 176. The summed E-state index contributed by atoms with van der Waals surface area (Å²) < 4.78 is 0. The Hall–Kier alpha value is -0.780. The average Bonchev–Trinajstić information content (AvgIpc) is 2.03. The topological polar surface area (TPSA) is 0 Å². The molecule has 0 unspecified atom stereocenters. The van der Waals surface area contributed by atoms with Crippen molar-refractivity contribution in [2.75, 3.05) is 0 Å². The summed E-state index contributed by atoms with van der Waals surface area (Å²) in [6, 6.07) is 0. The summed E-state index contributed by atoms with van der Waals surface area (Å²) in [5, 5.41) is 0. The third-order valence-electron chi connectivity index (χ3n) is 1.34. The van der Waals surface area contributed by atoms with E-state index in [1.54, 1.807) is 0 Å². The number of allylic oxidation sites excluding steroid dienone is 5. The lowest BCUT2D eigenvalue weighted by Gasteiger charge is -1.94. The smallest absolute Gasteiger partial charge is 0.0395 e. The summed E-state index contributed by atoms with van der Waals surface area (Å²) in [5.74, 6) is 0. The zero-order valence-electron chi connectivity index (χ0n) is 9.36. The molecule has 0 aromatic rings. The predicted molar refractivity (Wildman–Crippen MR) is 59.4 cm³/mol. The van der Waals surface area contributed by atoms with E-state index >= 15 is 0 Å². The lowest BCUT2D eigenvalue weighted by atomic mass is 10.1. The lowest BCUT2D eigenvalue weighted by molar-refractivity contribution is 1.34. The Labute approximate surface area is 77.7 Å². The quantitative estimate of drug-likeness (QED) is 0.530. The SMILES string of the molecule is C=C(C)/C(C)=C/C=C(C)C.CC. The van der Waals surface area contributed by atoms with Crippen LogP contribution < -0.4 is 0 Å². The minimum absolute atomic E-state index is 1.14. The van der Waals surface area contributed by atoms with Crippen LogP contribution in [0, 0.1) is 0 Å². The molecular weight excluding hydrogens is 144 g/mol. The van der Waals surface area contributed by atoms with E-state index < -0.39 is 0 Å². The Morgan fingerprint density at radius 3 is 1.58 bits per heavy atom. The van der Waals surface area contributed by atoms with Crippen molar-refractivity contribution in [1.29, 1.82) is 0 Å². The van der Waals surface area contributed by atoms with Crippen LogP contribution in [0.4, 0.5) is 0 Å². The second-order valence-corrected chi connectivity index (χ2v) is 2.87. The second kappa shape index (κ2) is 8.32. The van der Waals surface area contributed by atoms with Gasteiger partial charge in [0.25, 0.3) is 0 Å². The molecule has 0 aromatic heterocycles. The van der Waals surface area contributed by atoms with Gasteiger partial charge >= 0.3 is 0 Å². The second-order valence-electron chi connectivity index (χ2n) is 2.87. The third-order valence-corrected chi connectivity index (χ3v) is 1.34. The Balaban J connectivity index is 0. The molecule has 0 aliphatic heterocycles. The highest BCUT2D eigenvalue weighted by atomic mass is 13.9. The molecule has 0 aliphatic carbocycles. The van der Waals surface area contributed by atoms with Gasteiger partial charge in [-0.2, -0.15) is 0 Å². The first-order valence-corrected chi connectivity index (χ1v) is 4.51. The van der Waals surface area contributed by atoms with Crippen LogP contribution in [-0.2, 0) is 0 Å². The van der Waals surface area contributed by atoms with Crippen LogP contribution >= 0.6 is 0 Å². The van der Waals surface area contributed by atoms with Crippen molar-refractivity contribution < 1.29 is 0 Å². The Kier molecular flexibility index (Phi) is 9.56. The monoisotopic (exact) mass is 166 g/mol. The zero-order chi connectivity index (χ0) is 10.1. The largest absolute Gasteiger partial charge is 0.0958 e. The van der Waals surface area contributed by atoms with E-state index in [2.05, 4.69) is 39.5 Å². The van der Waals surface area contributed by atoms with Crippen molar-refractivity contribution in [3.05, 3.63) is 35.5 Å². The standard InChI is InChI=1S/C10H16.C2H6/c1-8(2)6-7-10(5)9(3)4;1-2/h6-7H,3H2,1-2,4-5H3;1-2H3/b10-7+;. The van der Waals surface area contributed by atoms with Gasteiger partial charge in [0, 0.05) is 0 Å². The van der Waals surface area contributed by atoms with E-state index in [-0.39, 0.29) is 0 Å². The Morgan fingerprint density at radius 1 is 0.917 bits per heavy atom. The summed E-state index contributed by atoms with van der Waals surface area (Å²) in [4.78, 5) is 0. The molecule has 0 atom stereocenters. The third kappa shape index (κ3) is 9.22. The van der Waals surface area contributed by atoms with Gasteiger partial charge in [-0.15, -0.1) is 0 Å². The molecule has 0 bridgehead atoms. The van der Waals surface area contributed by atoms with Gasteiger partial charge in [0.2, 0.25) is 0 Å². The molecule has 0 amide bonds. The van der Waals surface area contributed by atoms with Gasteiger partial charge in [0.05, 0.1) is 0 Å². The fourth-order valence-electron chi connectivity index (χ4n) is 0.434. The van der Waals surface area contributed by atoms with Crippen molar-refractivity contribution in [2.45, 2.75) is 41.5 Å². The minimum atomic E-state index is 1.14. The summed E-state index contributed by atoms with van der Waals surface area (Å²) in [6.45, 7) is 16.1. The molecule has 0 radical (unpaired) electrons. The van der Waals surface area contributed by atoms with E-state index in [9.17, 15) is 0 Å². The summed E-state index contributed by atoms with van der Waals surface area (Å²) >= 11 is 0. The van der Waals surface area contributed by atoms with Crippen LogP contribution in [0.5, 0.6) is 0 Å². The van der Waals surface area contributed by atoms with Crippen LogP contribution in [0.1, 0.15) is 41.5 Å². The minimum Gasteiger partial charge on any atom is -0.0958 e. The first kappa shape index (κ1) is 13.8. The fraction of sp³-hybridized carbons (Fsp3) is 0.500. The van der Waals surface area contributed by atoms with E-state index in [1.165, 1.54) is 11.1 Å². The van der Waals surface area contributed by atoms with E-state index in [0.717, 1.165) is 5.57 Å². The molecule has 0 rings (SSSR count). The fourth-order valence-corrected chi connectivity index (χ4v) is 0.434. The molecule has 12 heavy (non-hydrogen) atoms. The van der Waals surface area contributed by atoms with Crippen LogP contribution in [0.25, 0.3) is 0 Å². The van der Waals surface area contributed by atoms with Gasteiger partial charge in [0.1, 0.15) is 0 Å². The van der Waals surface area contributed by atoms with Crippen LogP contribution in [0.2, 0.25) is 0 Å². The van der Waals surface area contributed by atoms with Crippen LogP contribution in [-0.4, -0.2) is 0 Å². The molecule has 0 heterocycles. The van der Waals surface area contributed by atoms with Gasteiger partial charge < -0.3 is 0 Å². The van der Waals surface area contributed by atoms with Crippen LogP contribution in [0.3, 0.4) is 0 Å². The molecule has 0 saturated heterocycles. The summed E-state index contributed by atoms with van der Waals surface area (Å²) in [5.41, 5.74) is 3.71. The Morgan fingerprint density at radius 2 is 1.33 bits per heavy atom. The van der Waals surface area contributed by atoms with Crippen molar-refractivity contribution in [2.24, 2.45) is 0 Å². The van der Waals surface area contributed by atoms with Gasteiger partial charge in [-0.25, -0.2) is 0 Å². The van der Waals surface area contributed by atoms with E-state index in [1.807, 2.05) is 20.8 Å². The van der Waals surface area contributed by atoms with E-state index in [4.69, 9.17) is 0 Å². The number of hydrogen-bond acceptors (Lipinski definition) is 0. The predicted octanol–water partition coefficient (Wildman–Crippen LogP) is 4.50. The molecule has 0 saturated carbocycles. The van der Waals surface area contributed by atoms with Crippen molar-refractivity contribution in [3.63, 3.8) is 0 Å². The molecule has 0 heteroatoms.